The minimum absolute atomic E-state index is 0.105. The van der Waals surface area contributed by atoms with Gasteiger partial charge in [-0.25, -0.2) is 0 Å². The van der Waals surface area contributed by atoms with Gasteiger partial charge < -0.3 is 20.9 Å². The van der Waals surface area contributed by atoms with Crippen molar-refractivity contribution in [2.75, 3.05) is 6.61 Å². The number of phenolic OH excluding ortho intramolecular Hbond substituents is 1. The molecule has 6 heteroatoms. The fraction of sp³-hybridized carbons (Fsp3) is 0.417. The van der Waals surface area contributed by atoms with Crippen LogP contribution in [0.4, 0.5) is 0 Å². The molecule has 1 saturated carbocycles. The Labute approximate surface area is 177 Å². The molecule has 0 radical (unpaired) electrons. The summed E-state index contributed by atoms with van der Waals surface area (Å²) < 4.78 is 5.96. The van der Waals surface area contributed by atoms with Crippen LogP contribution in [0.15, 0.2) is 42.5 Å². The number of hydrogen-bond donors (Lipinski definition) is 3. The highest BCUT2D eigenvalue weighted by Gasteiger charge is 2.20. The van der Waals surface area contributed by atoms with Crippen LogP contribution in [-0.4, -0.2) is 23.5 Å². The van der Waals surface area contributed by atoms with E-state index in [4.69, 9.17) is 10.5 Å². The molecule has 3 rings (SSSR count). The standard InChI is InChI=1S/C24H30N2O4/c1-2-21(26-24(29)17-8-11-19(27)12-9-17)18-10-13-22(20(14-18)23(25)28)30-15-16-6-4-3-5-7-16/h8-14,16,21,27H,2-7,15H2,1H3,(H2,25,28)(H,26,29). The van der Waals surface area contributed by atoms with Crippen LogP contribution in [0.5, 0.6) is 11.5 Å². The van der Waals surface area contributed by atoms with Crippen LogP contribution in [0, 0.1) is 5.92 Å². The minimum atomic E-state index is -0.546. The molecule has 2 amide bonds. The van der Waals surface area contributed by atoms with Gasteiger partial charge in [0.25, 0.3) is 11.8 Å². The number of primary amides is 1. The number of amides is 2. The predicted molar refractivity (Wildman–Crippen MR) is 116 cm³/mol. The van der Waals surface area contributed by atoms with Crippen LogP contribution in [0.2, 0.25) is 0 Å². The van der Waals surface area contributed by atoms with Crippen molar-refractivity contribution in [3.05, 3.63) is 59.2 Å². The first-order valence-electron chi connectivity index (χ1n) is 10.6. The van der Waals surface area contributed by atoms with Gasteiger partial charge >= 0.3 is 0 Å². The molecule has 0 saturated heterocycles. The number of phenols is 1. The Morgan fingerprint density at radius 2 is 1.83 bits per heavy atom. The summed E-state index contributed by atoms with van der Waals surface area (Å²) in [5.41, 5.74) is 7.19. The van der Waals surface area contributed by atoms with Crippen molar-refractivity contribution < 1.29 is 19.4 Å². The van der Waals surface area contributed by atoms with Gasteiger partial charge in [-0.1, -0.05) is 32.3 Å². The largest absolute Gasteiger partial charge is 0.508 e. The van der Waals surface area contributed by atoms with Crippen LogP contribution in [0.3, 0.4) is 0 Å². The Hall–Kier alpha value is -3.02. The van der Waals surface area contributed by atoms with E-state index in [1.165, 1.54) is 31.4 Å². The summed E-state index contributed by atoms with van der Waals surface area (Å²) in [5, 5.41) is 12.4. The van der Waals surface area contributed by atoms with E-state index in [2.05, 4.69) is 5.32 Å². The molecule has 4 N–H and O–H groups in total. The smallest absolute Gasteiger partial charge is 0.252 e. The van der Waals surface area contributed by atoms with E-state index in [0.29, 0.717) is 35.8 Å². The number of nitrogens with two attached hydrogens (primary N) is 1. The van der Waals surface area contributed by atoms with Gasteiger partial charge in [0, 0.05) is 5.56 Å². The highest BCUT2D eigenvalue weighted by molar-refractivity contribution is 5.96. The van der Waals surface area contributed by atoms with Gasteiger partial charge in [-0.3, -0.25) is 9.59 Å². The van der Waals surface area contributed by atoms with Gasteiger partial charge in [-0.15, -0.1) is 0 Å². The van der Waals surface area contributed by atoms with Crippen molar-refractivity contribution in [1.29, 1.82) is 0 Å². The first kappa shape index (κ1) is 21.7. The van der Waals surface area contributed by atoms with Crippen LogP contribution in [-0.2, 0) is 0 Å². The molecule has 2 aromatic carbocycles. The fourth-order valence-corrected chi connectivity index (χ4v) is 3.92. The van der Waals surface area contributed by atoms with Gasteiger partial charge in [-0.2, -0.15) is 0 Å². The maximum Gasteiger partial charge on any atom is 0.252 e. The number of benzene rings is 2. The lowest BCUT2D eigenvalue weighted by atomic mass is 9.90. The van der Waals surface area contributed by atoms with E-state index >= 15 is 0 Å². The number of rotatable bonds is 8. The molecular formula is C24H30N2O4. The Kier molecular flexibility index (Phi) is 7.33. The lowest BCUT2D eigenvalue weighted by molar-refractivity contribution is 0.0935. The molecule has 1 unspecified atom stereocenters. The molecule has 1 aliphatic carbocycles. The van der Waals surface area contributed by atoms with Crippen molar-refractivity contribution in [3.8, 4) is 11.5 Å². The highest BCUT2D eigenvalue weighted by atomic mass is 16.5. The average Bonchev–Trinajstić information content (AvgIpc) is 2.77. The zero-order chi connectivity index (χ0) is 21.5. The zero-order valence-electron chi connectivity index (χ0n) is 17.4. The zero-order valence-corrected chi connectivity index (χ0v) is 17.4. The SMILES string of the molecule is CCC(NC(=O)c1ccc(O)cc1)c1ccc(OCC2CCCCC2)c(C(N)=O)c1. The quantitative estimate of drug-likeness (QED) is 0.603. The number of aromatic hydroxyl groups is 1. The van der Waals surface area contributed by atoms with Crippen LogP contribution < -0.4 is 15.8 Å². The summed E-state index contributed by atoms with van der Waals surface area (Å²) in [4.78, 5) is 24.6. The van der Waals surface area contributed by atoms with Crippen molar-refractivity contribution in [1.82, 2.24) is 5.32 Å². The summed E-state index contributed by atoms with van der Waals surface area (Å²) in [7, 11) is 0. The Morgan fingerprint density at radius 3 is 2.47 bits per heavy atom. The van der Waals surface area contributed by atoms with Crippen LogP contribution in [0.25, 0.3) is 0 Å². The Balaban J connectivity index is 1.73. The molecule has 0 aromatic heterocycles. The van der Waals surface area contributed by atoms with E-state index < -0.39 is 5.91 Å². The summed E-state index contributed by atoms with van der Waals surface area (Å²) in [6, 6.07) is 11.1. The van der Waals surface area contributed by atoms with Crippen molar-refractivity contribution in [3.63, 3.8) is 0 Å². The maximum absolute atomic E-state index is 12.6. The van der Waals surface area contributed by atoms with Crippen molar-refractivity contribution in [2.45, 2.75) is 51.5 Å². The lowest BCUT2D eigenvalue weighted by Crippen LogP contribution is -2.28. The maximum atomic E-state index is 12.6. The van der Waals surface area contributed by atoms with Gasteiger partial charge in [-0.05, 0) is 67.1 Å². The molecule has 0 heterocycles. The predicted octanol–water partition coefficient (Wildman–Crippen LogP) is 4.33. The third kappa shape index (κ3) is 5.53. The van der Waals surface area contributed by atoms with Gasteiger partial charge in [0.2, 0.25) is 0 Å². The van der Waals surface area contributed by atoms with Crippen molar-refractivity contribution in [2.24, 2.45) is 11.7 Å². The number of carbonyl (C=O) groups is 2. The van der Waals surface area contributed by atoms with E-state index in [-0.39, 0.29) is 17.7 Å². The van der Waals surface area contributed by atoms with Crippen molar-refractivity contribution >= 4 is 11.8 Å². The third-order valence-corrected chi connectivity index (χ3v) is 5.71. The molecule has 0 bridgehead atoms. The first-order valence-corrected chi connectivity index (χ1v) is 10.6. The lowest BCUT2D eigenvalue weighted by Gasteiger charge is -2.23. The second kappa shape index (κ2) is 10.1. The molecule has 0 aliphatic heterocycles. The van der Waals surface area contributed by atoms with E-state index in [0.717, 1.165) is 18.4 Å². The van der Waals surface area contributed by atoms with Gasteiger partial charge in [0.05, 0.1) is 18.2 Å². The summed E-state index contributed by atoms with van der Waals surface area (Å²) in [5.74, 6) is 0.326. The average molecular weight is 411 g/mol. The molecule has 1 aliphatic rings. The number of carbonyl (C=O) groups excluding carboxylic acids is 2. The van der Waals surface area contributed by atoms with E-state index in [1.807, 2.05) is 13.0 Å². The van der Waals surface area contributed by atoms with Gasteiger partial charge in [0.1, 0.15) is 11.5 Å². The van der Waals surface area contributed by atoms with E-state index in [1.54, 1.807) is 24.3 Å². The Morgan fingerprint density at radius 1 is 1.13 bits per heavy atom. The number of ether oxygens (including phenoxy) is 1. The third-order valence-electron chi connectivity index (χ3n) is 5.71. The van der Waals surface area contributed by atoms with Crippen LogP contribution in [0.1, 0.15) is 77.8 Å². The monoisotopic (exact) mass is 410 g/mol. The molecule has 160 valence electrons. The molecular weight excluding hydrogens is 380 g/mol. The molecule has 30 heavy (non-hydrogen) atoms. The minimum Gasteiger partial charge on any atom is -0.508 e. The van der Waals surface area contributed by atoms with E-state index in [9.17, 15) is 14.7 Å². The summed E-state index contributed by atoms with van der Waals surface area (Å²) >= 11 is 0. The molecule has 1 atom stereocenters. The molecule has 2 aromatic rings. The van der Waals surface area contributed by atoms with Gasteiger partial charge in [0.15, 0.2) is 0 Å². The normalized spacial score (nSPS) is 15.4. The van der Waals surface area contributed by atoms with Crippen LogP contribution >= 0.6 is 0 Å². The highest BCUT2D eigenvalue weighted by Crippen LogP contribution is 2.28. The second-order valence-electron chi connectivity index (χ2n) is 7.92. The molecule has 0 spiro atoms. The second-order valence-corrected chi connectivity index (χ2v) is 7.92. The number of nitrogens with one attached hydrogen (secondary N) is 1. The molecule has 1 fully saturated rings. The first-order chi connectivity index (χ1) is 14.5. The fourth-order valence-electron chi connectivity index (χ4n) is 3.92. The summed E-state index contributed by atoms with van der Waals surface area (Å²) in [6.45, 7) is 2.55. The molecule has 6 nitrogen and oxygen atoms in total. The Bertz CT molecular complexity index is 873. The topological polar surface area (TPSA) is 102 Å². The number of hydrogen-bond acceptors (Lipinski definition) is 4. The summed E-state index contributed by atoms with van der Waals surface area (Å²) in [6.07, 6.45) is 6.70.